The van der Waals surface area contributed by atoms with Gasteiger partial charge < -0.3 is 0 Å². The van der Waals surface area contributed by atoms with E-state index >= 15 is 0 Å². The fraction of sp³-hybridized carbons (Fsp3) is 0.737. The molecule has 0 N–H and O–H groups in total. The lowest BCUT2D eigenvalue weighted by Crippen LogP contribution is -2.36. The summed E-state index contributed by atoms with van der Waals surface area (Å²) in [4.78, 5) is 12.5. The van der Waals surface area contributed by atoms with Crippen molar-refractivity contribution in [3.8, 4) is 0 Å². The number of carbonyl (C=O) groups excluding carboxylic acids is 1. The van der Waals surface area contributed by atoms with Gasteiger partial charge in [0.15, 0.2) is 5.78 Å². The molecule has 1 fully saturated rings. The molecular weight excluding hydrogens is 244 g/mol. The standard InChI is InChI=1S/C19H30O/c1-14-6-5-7-15(2)12-18(20)17-9-8-16(3)19(4,13-17)11-10-14/h6,12,16-17H,5,7-11,13H2,1-4H3/b14-6+,15-12-/t16-,17-,19-/m1/s1. The van der Waals surface area contributed by atoms with Crippen molar-refractivity contribution in [2.24, 2.45) is 17.3 Å². The Morgan fingerprint density at radius 3 is 2.65 bits per heavy atom. The summed E-state index contributed by atoms with van der Waals surface area (Å²) in [6.07, 6.45) is 12.2. The number of fused-ring (bicyclic) bond motifs is 2. The SMILES string of the molecule is C/C1=C/C(=O)[C@@H]2CC[C@@H](C)[C@](C)(CC/C(C)=C/CC1)C2. The minimum Gasteiger partial charge on any atom is -0.295 e. The van der Waals surface area contributed by atoms with E-state index in [9.17, 15) is 4.79 Å². The normalized spacial score (nSPS) is 41.7. The zero-order valence-electron chi connectivity index (χ0n) is 13.7. The molecule has 2 aliphatic rings. The quantitative estimate of drug-likeness (QED) is 0.536. The first-order valence-electron chi connectivity index (χ1n) is 8.27. The Kier molecular flexibility index (Phi) is 4.88. The Balaban J connectivity index is 2.25. The number of hydrogen-bond acceptors (Lipinski definition) is 1. The number of allylic oxidation sites excluding steroid dienone is 4. The van der Waals surface area contributed by atoms with Crippen molar-refractivity contribution >= 4 is 5.78 Å². The predicted molar refractivity (Wildman–Crippen MR) is 85.6 cm³/mol. The van der Waals surface area contributed by atoms with Crippen LogP contribution in [-0.4, -0.2) is 5.78 Å². The molecule has 20 heavy (non-hydrogen) atoms. The molecule has 0 aromatic carbocycles. The molecule has 1 saturated carbocycles. The van der Waals surface area contributed by atoms with Gasteiger partial charge in [0.1, 0.15) is 0 Å². The Hall–Kier alpha value is -0.850. The van der Waals surface area contributed by atoms with Gasteiger partial charge in [-0.3, -0.25) is 4.79 Å². The minimum atomic E-state index is 0.273. The monoisotopic (exact) mass is 274 g/mol. The van der Waals surface area contributed by atoms with Gasteiger partial charge in [0.25, 0.3) is 0 Å². The average molecular weight is 274 g/mol. The maximum atomic E-state index is 12.5. The highest BCUT2D eigenvalue weighted by Gasteiger charge is 2.39. The Labute approximate surface area is 124 Å². The lowest BCUT2D eigenvalue weighted by atomic mass is 9.61. The van der Waals surface area contributed by atoms with Gasteiger partial charge in [-0.05, 0) is 76.2 Å². The maximum absolute atomic E-state index is 12.5. The van der Waals surface area contributed by atoms with Crippen molar-refractivity contribution in [3.05, 3.63) is 23.3 Å². The Bertz CT molecular complexity index is 429. The van der Waals surface area contributed by atoms with Crippen LogP contribution >= 0.6 is 0 Å². The van der Waals surface area contributed by atoms with Gasteiger partial charge in [0.2, 0.25) is 0 Å². The van der Waals surface area contributed by atoms with Crippen LogP contribution in [0.25, 0.3) is 0 Å². The molecule has 0 aromatic rings. The zero-order valence-corrected chi connectivity index (χ0v) is 13.7. The molecule has 0 aliphatic heterocycles. The molecule has 1 heteroatoms. The van der Waals surface area contributed by atoms with Gasteiger partial charge >= 0.3 is 0 Å². The van der Waals surface area contributed by atoms with Gasteiger partial charge in [-0.1, -0.05) is 31.1 Å². The summed E-state index contributed by atoms with van der Waals surface area (Å²) in [7, 11) is 0. The molecule has 0 unspecified atom stereocenters. The number of carbonyl (C=O) groups is 1. The molecule has 1 nitrogen and oxygen atoms in total. The largest absolute Gasteiger partial charge is 0.295 e. The van der Waals surface area contributed by atoms with Crippen molar-refractivity contribution in [2.45, 2.75) is 72.6 Å². The van der Waals surface area contributed by atoms with E-state index in [0.29, 0.717) is 11.2 Å². The van der Waals surface area contributed by atoms with Crippen LogP contribution in [0.3, 0.4) is 0 Å². The van der Waals surface area contributed by atoms with Gasteiger partial charge in [-0.2, -0.15) is 0 Å². The number of rotatable bonds is 0. The zero-order chi connectivity index (χ0) is 14.8. The Morgan fingerprint density at radius 1 is 1.15 bits per heavy atom. The fourth-order valence-electron chi connectivity index (χ4n) is 3.82. The summed E-state index contributed by atoms with van der Waals surface area (Å²) in [5, 5.41) is 0. The van der Waals surface area contributed by atoms with Crippen molar-refractivity contribution in [1.82, 2.24) is 0 Å². The lowest BCUT2D eigenvalue weighted by Gasteiger charge is -2.43. The molecule has 0 spiro atoms. The molecule has 0 aromatic heterocycles. The van der Waals surface area contributed by atoms with E-state index in [0.717, 1.165) is 31.6 Å². The third-order valence-electron chi connectivity index (χ3n) is 5.76. The van der Waals surface area contributed by atoms with E-state index in [1.54, 1.807) is 0 Å². The molecule has 2 aliphatic carbocycles. The van der Waals surface area contributed by atoms with E-state index in [2.05, 4.69) is 33.8 Å². The first-order valence-corrected chi connectivity index (χ1v) is 8.27. The summed E-state index contributed by atoms with van der Waals surface area (Å²) in [5.41, 5.74) is 3.12. The highest BCUT2D eigenvalue weighted by Crippen LogP contribution is 2.47. The molecule has 3 atom stereocenters. The van der Waals surface area contributed by atoms with Crippen molar-refractivity contribution in [2.75, 3.05) is 0 Å². The topological polar surface area (TPSA) is 17.1 Å². The minimum absolute atomic E-state index is 0.273. The second kappa shape index (κ2) is 6.28. The first-order chi connectivity index (χ1) is 9.40. The second-order valence-electron chi connectivity index (χ2n) is 7.52. The molecule has 0 saturated heterocycles. The van der Waals surface area contributed by atoms with Crippen LogP contribution in [0.1, 0.15) is 72.6 Å². The number of hydrogen-bond donors (Lipinski definition) is 0. The highest BCUT2D eigenvalue weighted by molar-refractivity contribution is 5.92. The second-order valence-corrected chi connectivity index (χ2v) is 7.52. The van der Waals surface area contributed by atoms with Gasteiger partial charge in [-0.15, -0.1) is 0 Å². The summed E-state index contributed by atoms with van der Waals surface area (Å²) < 4.78 is 0. The Morgan fingerprint density at radius 2 is 1.90 bits per heavy atom. The molecule has 2 bridgehead atoms. The van der Waals surface area contributed by atoms with E-state index in [1.165, 1.54) is 30.4 Å². The smallest absolute Gasteiger partial charge is 0.158 e. The van der Waals surface area contributed by atoms with Crippen LogP contribution in [0.15, 0.2) is 23.3 Å². The van der Waals surface area contributed by atoms with E-state index < -0.39 is 0 Å². The molecule has 0 radical (unpaired) electrons. The van der Waals surface area contributed by atoms with Crippen molar-refractivity contribution in [1.29, 1.82) is 0 Å². The average Bonchev–Trinajstić information content (AvgIpc) is 2.39. The molecule has 2 rings (SSSR count). The van der Waals surface area contributed by atoms with Crippen LogP contribution in [0.5, 0.6) is 0 Å². The molecular formula is C19H30O. The number of ketones is 1. The molecule has 0 heterocycles. The van der Waals surface area contributed by atoms with Crippen LogP contribution in [0.4, 0.5) is 0 Å². The van der Waals surface area contributed by atoms with E-state index in [4.69, 9.17) is 0 Å². The van der Waals surface area contributed by atoms with Crippen LogP contribution in [0, 0.1) is 17.3 Å². The van der Waals surface area contributed by atoms with Gasteiger partial charge in [-0.25, -0.2) is 0 Å². The summed E-state index contributed by atoms with van der Waals surface area (Å²) in [6.45, 7) is 9.17. The molecule has 0 amide bonds. The van der Waals surface area contributed by atoms with Gasteiger partial charge in [0.05, 0.1) is 0 Å². The third kappa shape index (κ3) is 3.62. The summed E-state index contributed by atoms with van der Waals surface area (Å²) in [5.74, 6) is 1.41. The molecule has 112 valence electrons. The van der Waals surface area contributed by atoms with Crippen molar-refractivity contribution in [3.63, 3.8) is 0 Å². The van der Waals surface area contributed by atoms with E-state index in [1.807, 2.05) is 6.08 Å². The van der Waals surface area contributed by atoms with Crippen molar-refractivity contribution < 1.29 is 4.79 Å². The fourth-order valence-corrected chi connectivity index (χ4v) is 3.82. The first kappa shape index (κ1) is 15.5. The lowest BCUT2D eigenvalue weighted by molar-refractivity contribution is -0.121. The summed E-state index contributed by atoms with van der Waals surface area (Å²) >= 11 is 0. The van der Waals surface area contributed by atoms with Crippen LogP contribution < -0.4 is 0 Å². The van der Waals surface area contributed by atoms with E-state index in [-0.39, 0.29) is 5.92 Å². The van der Waals surface area contributed by atoms with Gasteiger partial charge in [0, 0.05) is 5.92 Å². The third-order valence-corrected chi connectivity index (χ3v) is 5.76. The van der Waals surface area contributed by atoms with Crippen LogP contribution in [0.2, 0.25) is 0 Å². The highest BCUT2D eigenvalue weighted by atomic mass is 16.1. The van der Waals surface area contributed by atoms with Crippen LogP contribution in [-0.2, 0) is 4.79 Å². The maximum Gasteiger partial charge on any atom is 0.158 e. The predicted octanol–water partition coefficient (Wildman–Crippen LogP) is 5.46. The summed E-state index contributed by atoms with van der Waals surface area (Å²) in [6, 6.07) is 0.